The minimum absolute atomic E-state index is 0.000717. The van der Waals surface area contributed by atoms with Gasteiger partial charge < -0.3 is 34.9 Å². The molecule has 2 amide bonds. The lowest BCUT2D eigenvalue weighted by molar-refractivity contribution is -0.118. The van der Waals surface area contributed by atoms with E-state index in [0.717, 1.165) is 24.1 Å². The standard InChI is InChI=1S/C28H41N3O6/c1-18(2)6-11-22-27(3,37-22)25-24(34-5)21(12-14-28(25)17-35-28)36-26(33)30-15-13-19-7-9-20(10-8-19)31-23(32)16-29-4/h6-10,21-22,24-25,29H,11-17H2,1-5H3,(H,30,33)(H,31,32)/t21?,22-,24?,25?,27?,28+/m1/s1. The highest BCUT2D eigenvalue weighted by atomic mass is 16.6. The Morgan fingerprint density at radius 1 is 1.22 bits per heavy atom. The molecule has 1 spiro atoms. The van der Waals surface area contributed by atoms with Crippen molar-refractivity contribution in [3.63, 3.8) is 0 Å². The lowest BCUT2D eigenvalue weighted by Crippen LogP contribution is -2.56. The molecule has 0 aromatic heterocycles. The third-order valence-electron chi connectivity index (χ3n) is 7.75. The lowest BCUT2D eigenvalue weighted by atomic mass is 9.68. The molecular weight excluding hydrogens is 474 g/mol. The summed E-state index contributed by atoms with van der Waals surface area (Å²) >= 11 is 0. The number of anilines is 1. The molecule has 1 aliphatic carbocycles. The van der Waals surface area contributed by atoms with Crippen LogP contribution in [0.2, 0.25) is 0 Å². The monoisotopic (exact) mass is 515 g/mol. The summed E-state index contributed by atoms with van der Waals surface area (Å²) in [5, 5.41) is 8.50. The van der Waals surface area contributed by atoms with Crippen molar-refractivity contribution in [1.29, 1.82) is 0 Å². The highest BCUT2D eigenvalue weighted by Gasteiger charge is 2.72. The molecule has 3 fully saturated rings. The number of alkyl carbamates (subject to hydrolysis) is 1. The van der Waals surface area contributed by atoms with Crippen LogP contribution in [0.4, 0.5) is 10.5 Å². The fourth-order valence-corrected chi connectivity index (χ4v) is 5.68. The first-order chi connectivity index (χ1) is 17.7. The first-order valence-corrected chi connectivity index (χ1v) is 13.2. The van der Waals surface area contributed by atoms with E-state index in [2.05, 4.69) is 42.8 Å². The van der Waals surface area contributed by atoms with Crippen molar-refractivity contribution < 1.29 is 28.5 Å². The van der Waals surface area contributed by atoms with E-state index in [1.165, 1.54) is 5.57 Å². The fourth-order valence-electron chi connectivity index (χ4n) is 5.68. The number of hydrogen-bond donors (Lipinski definition) is 3. The van der Waals surface area contributed by atoms with Crippen LogP contribution in [0.5, 0.6) is 0 Å². The second kappa shape index (κ2) is 11.5. The highest BCUT2D eigenvalue weighted by Crippen LogP contribution is 2.59. The van der Waals surface area contributed by atoms with Gasteiger partial charge in [0.2, 0.25) is 5.91 Å². The number of ether oxygens (including phenoxy) is 4. The van der Waals surface area contributed by atoms with Gasteiger partial charge in [0.25, 0.3) is 0 Å². The maximum Gasteiger partial charge on any atom is 0.407 e. The molecule has 2 saturated heterocycles. The molecule has 0 radical (unpaired) electrons. The summed E-state index contributed by atoms with van der Waals surface area (Å²) in [6.07, 6.45) is 4.23. The number of amides is 2. The summed E-state index contributed by atoms with van der Waals surface area (Å²) in [4.78, 5) is 24.4. The van der Waals surface area contributed by atoms with E-state index < -0.39 is 6.09 Å². The molecule has 204 valence electrons. The number of benzene rings is 1. The Balaban J connectivity index is 1.28. The van der Waals surface area contributed by atoms with Crippen LogP contribution in [0.3, 0.4) is 0 Å². The predicted molar refractivity (Wildman–Crippen MR) is 141 cm³/mol. The largest absolute Gasteiger partial charge is 0.443 e. The highest BCUT2D eigenvalue weighted by molar-refractivity contribution is 5.92. The van der Waals surface area contributed by atoms with Gasteiger partial charge in [-0.25, -0.2) is 4.79 Å². The van der Waals surface area contributed by atoms with E-state index in [4.69, 9.17) is 18.9 Å². The van der Waals surface area contributed by atoms with E-state index >= 15 is 0 Å². The summed E-state index contributed by atoms with van der Waals surface area (Å²) in [5.74, 6) is -0.0944. The molecule has 0 bridgehead atoms. The van der Waals surface area contributed by atoms with Gasteiger partial charge in [-0.15, -0.1) is 0 Å². The Kier molecular flexibility index (Phi) is 8.58. The van der Waals surface area contributed by atoms with E-state index in [1.807, 2.05) is 24.3 Å². The van der Waals surface area contributed by atoms with Crippen molar-refractivity contribution in [2.45, 2.75) is 76.0 Å². The fraction of sp³-hybridized carbons (Fsp3) is 0.643. The zero-order valence-corrected chi connectivity index (χ0v) is 22.6. The van der Waals surface area contributed by atoms with Gasteiger partial charge in [-0.1, -0.05) is 23.8 Å². The number of nitrogens with one attached hydrogen (secondary N) is 3. The van der Waals surface area contributed by atoms with Gasteiger partial charge >= 0.3 is 6.09 Å². The van der Waals surface area contributed by atoms with Gasteiger partial charge in [-0.3, -0.25) is 4.79 Å². The zero-order valence-electron chi connectivity index (χ0n) is 22.6. The predicted octanol–water partition coefficient (Wildman–Crippen LogP) is 3.19. The molecule has 1 saturated carbocycles. The van der Waals surface area contributed by atoms with Crippen molar-refractivity contribution >= 4 is 17.7 Å². The molecule has 4 rings (SSSR count). The molecule has 9 heteroatoms. The average molecular weight is 516 g/mol. The van der Waals surface area contributed by atoms with Gasteiger partial charge in [-0.05, 0) is 71.2 Å². The molecule has 1 aromatic carbocycles. The molecule has 4 unspecified atom stereocenters. The summed E-state index contributed by atoms with van der Waals surface area (Å²) in [6.45, 7) is 7.71. The third kappa shape index (κ3) is 6.52. The molecule has 6 atom stereocenters. The van der Waals surface area contributed by atoms with E-state index in [9.17, 15) is 9.59 Å². The Bertz CT molecular complexity index is 988. The number of hydrogen-bond acceptors (Lipinski definition) is 7. The summed E-state index contributed by atoms with van der Waals surface area (Å²) < 4.78 is 24.0. The van der Waals surface area contributed by atoms with Crippen molar-refractivity contribution in [3.05, 3.63) is 41.5 Å². The maximum atomic E-state index is 12.7. The van der Waals surface area contributed by atoms with Gasteiger partial charge in [0, 0.05) is 19.3 Å². The number of rotatable bonds is 11. The first-order valence-electron chi connectivity index (χ1n) is 13.2. The topological polar surface area (TPSA) is 114 Å². The summed E-state index contributed by atoms with van der Waals surface area (Å²) in [5.41, 5.74) is 2.45. The van der Waals surface area contributed by atoms with Crippen molar-refractivity contribution in [3.8, 4) is 0 Å². The number of allylic oxidation sites excluding steroid dienone is 1. The summed E-state index contributed by atoms with van der Waals surface area (Å²) in [6, 6.07) is 7.58. The SMILES string of the molecule is CNCC(=O)Nc1ccc(CCNC(=O)OC2CC[C@]3(CO3)C(C3(C)O[C@@H]3CC=C(C)C)C2OC)cc1. The number of likely N-dealkylation sites (N-methyl/N-ethyl adjacent to an activating group) is 1. The van der Waals surface area contributed by atoms with Gasteiger partial charge in [0.1, 0.15) is 23.4 Å². The Labute approximate surface area is 219 Å². The van der Waals surface area contributed by atoms with Crippen LogP contribution >= 0.6 is 0 Å². The second-order valence-electron chi connectivity index (χ2n) is 10.8. The summed E-state index contributed by atoms with van der Waals surface area (Å²) in [7, 11) is 3.40. The molecule has 9 nitrogen and oxygen atoms in total. The molecule has 3 aliphatic rings. The van der Waals surface area contributed by atoms with Gasteiger partial charge in [0.15, 0.2) is 0 Å². The normalized spacial score (nSPS) is 31.9. The van der Waals surface area contributed by atoms with Crippen molar-refractivity contribution in [1.82, 2.24) is 10.6 Å². The third-order valence-corrected chi connectivity index (χ3v) is 7.75. The lowest BCUT2D eigenvalue weighted by Gasteiger charge is -2.42. The minimum Gasteiger partial charge on any atom is -0.443 e. The van der Waals surface area contributed by atoms with Crippen molar-refractivity contribution in [2.24, 2.45) is 5.92 Å². The van der Waals surface area contributed by atoms with E-state index in [-0.39, 0.29) is 47.9 Å². The second-order valence-corrected chi connectivity index (χ2v) is 10.8. The quantitative estimate of drug-likeness (QED) is 0.306. The molecule has 2 aliphatic heterocycles. The molecular formula is C28H41N3O6. The van der Waals surface area contributed by atoms with Crippen molar-refractivity contribution in [2.75, 3.05) is 39.2 Å². The van der Waals surface area contributed by atoms with Crippen LogP contribution in [0.15, 0.2) is 35.9 Å². The smallest absolute Gasteiger partial charge is 0.407 e. The van der Waals surface area contributed by atoms with Crippen LogP contribution in [0, 0.1) is 5.92 Å². The first kappa shape index (κ1) is 27.6. The number of carbonyl (C=O) groups excluding carboxylic acids is 2. The number of methoxy groups -OCH3 is 1. The number of carbonyl (C=O) groups is 2. The number of epoxide rings is 2. The molecule has 37 heavy (non-hydrogen) atoms. The Morgan fingerprint density at radius 3 is 2.57 bits per heavy atom. The van der Waals surface area contributed by atoms with Crippen LogP contribution in [-0.2, 0) is 30.2 Å². The average Bonchev–Trinajstić information content (AvgIpc) is 3.77. The minimum atomic E-state index is -0.447. The Hall–Kier alpha value is -2.46. The zero-order chi connectivity index (χ0) is 26.6. The van der Waals surface area contributed by atoms with Gasteiger partial charge in [0.05, 0.1) is 25.2 Å². The van der Waals surface area contributed by atoms with Crippen LogP contribution in [-0.4, -0.2) is 75.4 Å². The molecule has 3 N–H and O–H groups in total. The Morgan fingerprint density at radius 2 is 1.95 bits per heavy atom. The van der Waals surface area contributed by atoms with E-state index in [1.54, 1.807) is 14.2 Å². The van der Waals surface area contributed by atoms with Gasteiger partial charge in [-0.2, -0.15) is 0 Å². The van der Waals surface area contributed by atoms with Crippen LogP contribution in [0.1, 0.15) is 45.6 Å². The molecule has 2 heterocycles. The van der Waals surface area contributed by atoms with Crippen LogP contribution < -0.4 is 16.0 Å². The van der Waals surface area contributed by atoms with E-state index in [0.29, 0.717) is 26.0 Å². The maximum absolute atomic E-state index is 12.7. The van der Waals surface area contributed by atoms with Crippen LogP contribution in [0.25, 0.3) is 0 Å². The molecule has 1 aromatic rings.